The third-order valence-corrected chi connectivity index (χ3v) is 3.28. The molecule has 0 aromatic heterocycles. The number of rotatable bonds is 0. The lowest BCUT2D eigenvalue weighted by Crippen LogP contribution is -2.24. The molecule has 2 nitrogen and oxygen atoms in total. The fourth-order valence-electron chi connectivity index (χ4n) is 2.34. The molecular formula is C10H12N2. The van der Waals surface area contributed by atoms with Crippen molar-refractivity contribution in [3.05, 3.63) is 22.3 Å². The summed E-state index contributed by atoms with van der Waals surface area (Å²) in [6, 6.07) is 0. The topological polar surface area (TPSA) is 52.0 Å². The second kappa shape index (κ2) is 1.76. The summed E-state index contributed by atoms with van der Waals surface area (Å²) in [5.41, 5.74) is 19.3. The maximum atomic E-state index is 5.91. The minimum Gasteiger partial charge on any atom is -0.397 e. The van der Waals surface area contributed by atoms with Gasteiger partial charge in [-0.05, 0) is 47.9 Å². The average Bonchev–Trinajstić information content (AvgIpc) is 1.93. The van der Waals surface area contributed by atoms with Gasteiger partial charge < -0.3 is 11.5 Å². The Hall–Kier alpha value is -1.18. The van der Waals surface area contributed by atoms with E-state index < -0.39 is 0 Å². The SMILES string of the molecule is Nc1c(N)c2c(c3c1CC3)CC2. The van der Waals surface area contributed by atoms with Crippen LogP contribution in [0.5, 0.6) is 0 Å². The van der Waals surface area contributed by atoms with Crippen LogP contribution < -0.4 is 11.5 Å². The van der Waals surface area contributed by atoms with Crippen LogP contribution in [0.15, 0.2) is 0 Å². The molecule has 0 saturated heterocycles. The van der Waals surface area contributed by atoms with Crippen molar-refractivity contribution in [2.45, 2.75) is 25.7 Å². The summed E-state index contributed by atoms with van der Waals surface area (Å²) in [4.78, 5) is 0. The maximum Gasteiger partial charge on any atom is 0.0586 e. The van der Waals surface area contributed by atoms with E-state index in [0.717, 1.165) is 24.2 Å². The van der Waals surface area contributed by atoms with Crippen LogP contribution in [0.2, 0.25) is 0 Å². The lowest BCUT2D eigenvalue weighted by molar-refractivity contribution is 0.748. The first-order valence-electron chi connectivity index (χ1n) is 4.49. The molecule has 2 heteroatoms. The van der Waals surface area contributed by atoms with E-state index in [-0.39, 0.29) is 0 Å². The highest BCUT2D eigenvalue weighted by molar-refractivity contribution is 5.79. The Morgan fingerprint density at radius 3 is 1.17 bits per heavy atom. The molecule has 0 fully saturated rings. The largest absolute Gasteiger partial charge is 0.397 e. The van der Waals surface area contributed by atoms with Crippen LogP contribution in [0.1, 0.15) is 22.3 Å². The van der Waals surface area contributed by atoms with Gasteiger partial charge in [-0.1, -0.05) is 0 Å². The van der Waals surface area contributed by atoms with Gasteiger partial charge in [0.2, 0.25) is 0 Å². The first kappa shape index (κ1) is 6.35. The van der Waals surface area contributed by atoms with Gasteiger partial charge in [0.25, 0.3) is 0 Å². The summed E-state index contributed by atoms with van der Waals surface area (Å²) in [6.07, 6.45) is 4.72. The third kappa shape index (κ3) is 0.501. The molecule has 0 unspecified atom stereocenters. The van der Waals surface area contributed by atoms with Crippen LogP contribution >= 0.6 is 0 Å². The van der Waals surface area contributed by atoms with Gasteiger partial charge >= 0.3 is 0 Å². The minimum absolute atomic E-state index is 0.870. The molecule has 0 saturated carbocycles. The van der Waals surface area contributed by atoms with Crippen LogP contribution in [0.4, 0.5) is 11.4 Å². The quantitative estimate of drug-likeness (QED) is 0.440. The van der Waals surface area contributed by atoms with E-state index in [2.05, 4.69) is 0 Å². The molecule has 2 aliphatic carbocycles. The number of hydrogen-bond acceptors (Lipinski definition) is 2. The number of hydrogen-bond donors (Lipinski definition) is 2. The van der Waals surface area contributed by atoms with E-state index >= 15 is 0 Å². The molecule has 0 atom stereocenters. The van der Waals surface area contributed by atoms with E-state index in [1.807, 2.05) is 0 Å². The second-order valence-corrected chi connectivity index (χ2v) is 3.74. The van der Waals surface area contributed by atoms with Crippen molar-refractivity contribution in [2.24, 2.45) is 0 Å². The van der Waals surface area contributed by atoms with Gasteiger partial charge in [-0.25, -0.2) is 0 Å². The molecule has 62 valence electrons. The first-order chi connectivity index (χ1) is 5.79. The van der Waals surface area contributed by atoms with Crippen molar-refractivity contribution < 1.29 is 0 Å². The first-order valence-corrected chi connectivity index (χ1v) is 4.49. The molecule has 0 spiro atoms. The smallest absolute Gasteiger partial charge is 0.0586 e. The number of anilines is 2. The number of nitrogens with two attached hydrogens (primary N) is 2. The number of fused-ring (bicyclic) bond motifs is 3. The van der Waals surface area contributed by atoms with Crippen molar-refractivity contribution in [3.63, 3.8) is 0 Å². The van der Waals surface area contributed by atoms with Crippen LogP contribution in [-0.2, 0) is 25.7 Å². The highest BCUT2D eigenvalue weighted by Crippen LogP contribution is 2.43. The van der Waals surface area contributed by atoms with Gasteiger partial charge in [-0.15, -0.1) is 0 Å². The van der Waals surface area contributed by atoms with Gasteiger partial charge in [0.05, 0.1) is 11.4 Å². The average molecular weight is 160 g/mol. The Kier molecular flexibility index (Phi) is 0.932. The van der Waals surface area contributed by atoms with Gasteiger partial charge in [0.15, 0.2) is 0 Å². The summed E-state index contributed by atoms with van der Waals surface area (Å²) in [7, 11) is 0. The Morgan fingerprint density at radius 1 is 0.583 bits per heavy atom. The van der Waals surface area contributed by atoms with Crippen molar-refractivity contribution in [1.82, 2.24) is 0 Å². The van der Waals surface area contributed by atoms with Crippen LogP contribution in [0.25, 0.3) is 0 Å². The predicted molar refractivity (Wildman–Crippen MR) is 50.1 cm³/mol. The number of benzene rings is 1. The Morgan fingerprint density at radius 2 is 0.917 bits per heavy atom. The monoisotopic (exact) mass is 160 g/mol. The van der Waals surface area contributed by atoms with Crippen LogP contribution in [0.3, 0.4) is 0 Å². The molecule has 0 bridgehead atoms. The Bertz CT molecular complexity index is 283. The molecule has 0 amide bonds. The molecule has 0 aliphatic heterocycles. The summed E-state index contributed by atoms with van der Waals surface area (Å²) >= 11 is 0. The molecule has 2 aliphatic rings. The maximum absolute atomic E-state index is 5.91. The highest BCUT2D eigenvalue weighted by Gasteiger charge is 2.29. The summed E-state index contributed by atoms with van der Waals surface area (Å²) in [5, 5.41) is 0. The van der Waals surface area contributed by atoms with Gasteiger partial charge in [0.1, 0.15) is 0 Å². The molecule has 4 N–H and O–H groups in total. The normalized spacial score (nSPS) is 17.3. The highest BCUT2D eigenvalue weighted by atomic mass is 14.7. The summed E-state index contributed by atoms with van der Waals surface area (Å²) in [6.45, 7) is 0. The minimum atomic E-state index is 0.870. The Labute approximate surface area is 71.6 Å². The second-order valence-electron chi connectivity index (χ2n) is 3.74. The van der Waals surface area contributed by atoms with E-state index in [9.17, 15) is 0 Å². The zero-order valence-corrected chi connectivity index (χ0v) is 6.98. The van der Waals surface area contributed by atoms with Gasteiger partial charge in [-0.3, -0.25) is 0 Å². The van der Waals surface area contributed by atoms with Crippen molar-refractivity contribution in [1.29, 1.82) is 0 Å². The zero-order chi connectivity index (χ0) is 8.29. The van der Waals surface area contributed by atoms with Gasteiger partial charge in [0, 0.05) is 0 Å². The van der Waals surface area contributed by atoms with Crippen molar-refractivity contribution in [2.75, 3.05) is 11.5 Å². The molecule has 0 radical (unpaired) electrons. The summed E-state index contributed by atoms with van der Waals surface area (Å²) in [5.74, 6) is 0. The van der Waals surface area contributed by atoms with Crippen LogP contribution in [-0.4, -0.2) is 0 Å². The fraction of sp³-hybridized carbons (Fsp3) is 0.400. The third-order valence-electron chi connectivity index (χ3n) is 3.28. The van der Waals surface area contributed by atoms with E-state index in [4.69, 9.17) is 11.5 Å². The molecule has 1 aromatic rings. The molecular weight excluding hydrogens is 148 g/mol. The molecule has 1 aromatic carbocycles. The molecule has 12 heavy (non-hydrogen) atoms. The van der Waals surface area contributed by atoms with Crippen molar-refractivity contribution >= 4 is 11.4 Å². The van der Waals surface area contributed by atoms with E-state index in [0.29, 0.717) is 0 Å². The van der Waals surface area contributed by atoms with Crippen molar-refractivity contribution in [3.8, 4) is 0 Å². The standard InChI is InChI=1S/C10H12N2/c11-9-7-3-1-5(7)6-2-4-8(6)10(9)12/h1-4,11-12H2. The van der Waals surface area contributed by atoms with E-state index in [1.165, 1.54) is 35.1 Å². The lowest BCUT2D eigenvalue weighted by atomic mass is 9.73. The van der Waals surface area contributed by atoms with E-state index in [1.54, 1.807) is 0 Å². The Balaban J connectivity index is 2.39. The molecule has 0 heterocycles. The van der Waals surface area contributed by atoms with Gasteiger partial charge in [-0.2, -0.15) is 0 Å². The fourth-order valence-corrected chi connectivity index (χ4v) is 2.34. The lowest BCUT2D eigenvalue weighted by Gasteiger charge is -2.33. The van der Waals surface area contributed by atoms with Crippen LogP contribution in [0, 0.1) is 0 Å². The zero-order valence-electron chi connectivity index (χ0n) is 6.98. The summed E-state index contributed by atoms with van der Waals surface area (Å²) < 4.78 is 0. The predicted octanol–water partition coefficient (Wildman–Crippen LogP) is 1.05. The number of nitrogen functional groups attached to an aromatic ring is 2. The molecule has 3 rings (SSSR count).